The van der Waals surface area contributed by atoms with Crippen LogP contribution in [0.25, 0.3) is 0 Å². The maximum Gasteiger partial charge on any atom is 0.354 e. The summed E-state index contributed by atoms with van der Waals surface area (Å²) in [5, 5.41) is 2.84. The molecule has 1 aliphatic heterocycles. The van der Waals surface area contributed by atoms with Crippen molar-refractivity contribution in [3.63, 3.8) is 0 Å². The van der Waals surface area contributed by atoms with Gasteiger partial charge < -0.3 is 10.1 Å². The highest BCUT2D eigenvalue weighted by atomic mass is 16.5. The highest BCUT2D eigenvalue weighted by molar-refractivity contribution is 6.08. The molecule has 0 aliphatic carbocycles. The highest BCUT2D eigenvalue weighted by Gasteiger charge is 2.17. The molecular formula is C12H11NO3. The van der Waals surface area contributed by atoms with E-state index in [9.17, 15) is 9.59 Å². The standard InChI is InChI=1S/C12H11NO3/c14-11(9-4-2-1-3-5-9)8-10-12(15)16-7-6-13-10/h1-5,8,13H,6-7H2/b10-8+. The number of carbonyl (C=O) groups excluding carboxylic acids is 2. The van der Waals surface area contributed by atoms with Crippen LogP contribution in [0.1, 0.15) is 10.4 Å². The first kappa shape index (κ1) is 10.4. The monoisotopic (exact) mass is 217 g/mol. The van der Waals surface area contributed by atoms with Gasteiger partial charge in [0.15, 0.2) is 5.78 Å². The molecule has 2 rings (SSSR count). The van der Waals surface area contributed by atoms with Gasteiger partial charge in [0, 0.05) is 18.2 Å². The summed E-state index contributed by atoms with van der Waals surface area (Å²) in [5.41, 5.74) is 0.773. The molecule has 1 fully saturated rings. The average Bonchev–Trinajstić information content (AvgIpc) is 2.33. The summed E-state index contributed by atoms with van der Waals surface area (Å²) in [6, 6.07) is 8.79. The van der Waals surface area contributed by atoms with Gasteiger partial charge >= 0.3 is 5.97 Å². The largest absolute Gasteiger partial charge is 0.459 e. The van der Waals surface area contributed by atoms with Gasteiger partial charge in [0.2, 0.25) is 0 Å². The second kappa shape index (κ2) is 4.61. The number of carbonyl (C=O) groups is 2. The first-order valence-electron chi connectivity index (χ1n) is 4.99. The molecule has 1 heterocycles. The number of ketones is 1. The Morgan fingerprint density at radius 2 is 2.06 bits per heavy atom. The summed E-state index contributed by atoms with van der Waals surface area (Å²) in [5.74, 6) is -0.683. The average molecular weight is 217 g/mol. The predicted octanol–water partition coefficient (Wildman–Crippen LogP) is 0.900. The molecular weight excluding hydrogens is 206 g/mol. The molecule has 0 saturated carbocycles. The van der Waals surface area contributed by atoms with Crippen molar-refractivity contribution >= 4 is 11.8 Å². The van der Waals surface area contributed by atoms with Crippen molar-refractivity contribution < 1.29 is 14.3 Å². The van der Waals surface area contributed by atoms with E-state index in [0.717, 1.165) is 0 Å². The van der Waals surface area contributed by atoms with Crippen molar-refractivity contribution in [3.8, 4) is 0 Å². The third-order valence-electron chi connectivity index (χ3n) is 2.20. The number of hydrogen-bond donors (Lipinski definition) is 1. The molecule has 0 amide bonds. The third-order valence-corrected chi connectivity index (χ3v) is 2.20. The Bertz CT molecular complexity index is 437. The topological polar surface area (TPSA) is 55.4 Å². The second-order valence-corrected chi connectivity index (χ2v) is 3.35. The molecule has 1 saturated heterocycles. The Morgan fingerprint density at radius 1 is 1.31 bits per heavy atom. The molecule has 1 aromatic carbocycles. The molecule has 0 spiro atoms. The molecule has 4 heteroatoms. The maximum atomic E-state index is 11.7. The Kier molecular flexibility index (Phi) is 3.00. The van der Waals surface area contributed by atoms with Crippen molar-refractivity contribution in [1.82, 2.24) is 5.32 Å². The minimum atomic E-state index is -0.476. The van der Waals surface area contributed by atoms with Crippen molar-refractivity contribution in [1.29, 1.82) is 0 Å². The number of hydrogen-bond acceptors (Lipinski definition) is 4. The number of cyclic esters (lactones) is 1. The number of allylic oxidation sites excluding steroid dienone is 1. The zero-order valence-corrected chi connectivity index (χ0v) is 8.60. The van der Waals surface area contributed by atoms with Crippen LogP contribution in [0.15, 0.2) is 42.1 Å². The predicted molar refractivity (Wildman–Crippen MR) is 57.8 cm³/mol. The SMILES string of the molecule is O=C1OCCN/C1=C/C(=O)c1ccccc1. The van der Waals surface area contributed by atoms with Crippen molar-refractivity contribution in [3.05, 3.63) is 47.7 Å². The van der Waals surface area contributed by atoms with Crippen LogP contribution in [0.2, 0.25) is 0 Å². The fourth-order valence-electron chi connectivity index (χ4n) is 1.41. The van der Waals surface area contributed by atoms with E-state index in [1.807, 2.05) is 6.07 Å². The third kappa shape index (κ3) is 2.28. The van der Waals surface area contributed by atoms with E-state index in [1.165, 1.54) is 6.08 Å². The number of ether oxygens (including phenoxy) is 1. The molecule has 0 aromatic heterocycles. The molecule has 1 aromatic rings. The van der Waals surface area contributed by atoms with Gasteiger partial charge in [-0.1, -0.05) is 30.3 Å². The molecule has 4 nitrogen and oxygen atoms in total. The summed E-state index contributed by atoms with van der Waals surface area (Å²) in [4.78, 5) is 23.0. The summed E-state index contributed by atoms with van der Waals surface area (Å²) >= 11 is 0. The van der Waals surface area contributed by atoms with Crippen LogP contribution in [-0.4, -0.2) is 24.9 Å². The van der Waals surface area contributed by atoms with Crippen LogP contribution in [0.3, 0.4) is 0 Å². The number of morpholine rings is 1. The molecule has 1 N–H and O–H groups in total. The fraction of sp³-hybridized carbons (Fsp3) is 0.167. The first-order chi connectivity index (χ1) is 7.77. The summed E-state index contributed by atoms with van der Waals surface area (Å²) in [7, 11) is 0. The van der Waals surface area contributed by atoms with E-state index in [1.54, 1.807) is 24.3 Å². The number of esters is 1. The van der Waals surface area contributed by atoms with Crippen LogP contribution < -0.4 is 5.32 Å². The van der Waals surface area contributed by atoms with E-state index in [0.29, 0.717) is 18.7 Å². The van der Waals surface area contributed by atoms with E-state index in [-0.39, 0.29) is 11.5 Å². The molecule has 16 heavy (non-hydrogen) atoms. The van der Waals surface area contributed by atoms with Gasteiger partial charge in [-0.2, -0.15) is 0 Å². The lowest BCUT2D eigenvalue weighted by Crippen LogP contribution is -2.33. The quantitative estimate of drug-likeness (QED) is 0.454. The highest BCUT2D eigenvalue weighted by Crippen LogP contribution is 2.05. The smallest absolute Gasteiger partial charge is 0.354 e. The summed E-state index contributed by atoms with van der Waals surface area (Å²) < 4.78 is 4.81. The van der Waals surface area contributed by atoms with Crippen LogP contribution in [0.5, 0.6) is 0 Å². The molecule has 0 bridgehead atoms. The summed E-state index contributed by atoms with van der Waals surface area (Å²) in [6.07, 6.45) is 1.27. The van der Waals surface area contributed by atoms with E-state index >= 15 is 0 Å². The lowest BCUT2D eigenvalue weighted by molar-refractivity contribution is -0.141. The minimum Gasteiger partial charge on any atom is -0.459 e. The normalized spacial score (nSPS) is 17.8. The maximum absolute atomic E-state index is 11.7. The zero-order chi connectivity index (χ0) is 11.4. The van der Waals surface area contributed by atoms with Gasteiger partial charge in [-0.3, -0.25) is 4.79 Å². The lowest BCUT2D eigenvalue weighted by Gasteiger charge is -2.15. The van der Waals surface area contributed by atoms with Gasteiger partial charge in [-0.05, 0) is 0 Å². The van der Waals surface area contributed by atoms with Crippen LogP contribution >= 0.6 is 0 Å². The lowest BCUT2D eigenvalue weighted by atomic mass is 10.1. The number of benzene rings is 1. The minimum absolute atomic E-state index is 0.207. The Hall–Kier alpha value is -2.10. The summed E-state index contributed by atoms with van der Waals surface area (Å²) in [6.45, 7) is 0.884. The molecule has 82 valence electrons. The van der Waals surface area contributed by atoms with Crippen molar-refractivity contribution in [2.24, 2.45) is 0 Å². The number of nitrogens with one attached hydrogen (secondary N) is 1. The van der Waals surface area contributed by atoms with Gasteiger partial charge in [0.1, 0.15) is 12.3 Å². The molecule has 0 unspecified atom stereocenters. The van der Waals surface area contributed by atoms with Crippen LogP contribution in [-0.2, 0) is 9.53 Å². The van der Waals surface area contributed by atoms with Crippen molar-refractivity contribution in [2.75, 3.05) is 13.2 Å². The van der Waals surface area contributed by atoms with E-state index in [4.69, 9.17) is 4.74 Å². The Labute approximate surface area is 92.9 Å². The number of rotatable bonds is 2. The van der Waals surface area contributed by atoms with E-state index < -0.39 is 5.97 Å². The van der Waals surface area contributed by atoms with Gasteiger partial charge in [0.05, 0.1) is 0 Å². The van der Waals surface area contributed by atoms with Crippen LogP contribution in [0, 0.1) is 0 Å². The fourth-order valence-corrected chi connectivity index (χ4v) is 1.41. The van der Waals surface area contributed by atoms with Gasteiger partial charge in [-0.15, -0.1) is 0 Å². The van der Waals surface area contributed by atoms with Crippen molar-refractivity contribution in [2.45, 2.75) is 0 Å². The van der Waals surface area contributed by atoms with E-state index in [2.05, 4.69) is 5.32 Å². The zero-order valence-electron chi connectivity index (χ0n) is 8.60. The van der Waals surface area contributed by atoms with Gasteiger partial charge in [-0.25, -0.2) is 4.79 Å². The Balaban J connectivity index is 2.17. The molecule has 0 radical (unpaired) electrons. The first-order valence-corrected chi connectivity index (χ1v) is 4.99. The second-order valence-electron chi connectivity index (χ2n) is 3.35. The Morgan fingerprint density at radius 3 is 2.75 bits per heavy atom. The molecule has 1 aliphatic rings. The van der Waals surface area contributed by atoms with Crippen LogP contribution in [0.4, 0.5) is 0 Å². The molecule has 0 atom stereocenters. The van der Waals surface area contributed by atoms with Gasteiger partial charge in [0.25, 0.3) is 0 Å².